The van der Waals surface area contributed by atoms with E-state index in [4.69, 9.17) is 4.74 Å². The molecule has 4 nitrogen and oxygen atoms in total. The Morgan fingerprint density at radius 3 is 2.69 bits per heavy atom. The Kier molecular flexibility index (Phi) is 3.82. The Labute approximate surface area is 97.1 Å². The van der Waals surface area contributed by atoms with Crippen LogP contribution in [0.25, 0.3) is 0 Å². The Morgan fingerprint density at radius 2 is 2.19 bits per heavy atom. The van der Waals surface area contributed by atoms with Gasteiger partial charge in [0.2, 0.25) is 5.91 Å². The third-order valence-corrected chi connectivity index (χ3v) is 3.72. The van der Waals surface area contributed by atoms with Gasteiger partial charge in [-0.15, -0.1) is 0 Å². The summed E-state index contributed by atoms with van der Waals surface area (Å²) in [6, 6.07) is 0. The van der Waals surface area contributed by atoms with Crippen molar-refractivity contribution in [1.29, 1.82) is 0 Å². The number of nitrogens with one attached hydrogen (secondary N) is 2. The van der Waals surface area contributed by atoms with Gasteiger partial charge in [-0.05, 0) is 38.0 Å². The van der Waals surface area contributed by atoms with Gasteiger partial charge >= 0.3 is 0 Å². The first-order valence-corrected chi connectivity index (χ1v) is 6.27. The minimum Gasteiger partial charge on any atom is -0.377 e. The molecule has 2 rings (SSSR count). The predicted molar refractivity (Wildman–Crippen MR) is 62.2 cm³/mol. The summed E-state index contributed by atoms with van der Waals surface area (Å²) in [5.41, 5.74) is 0.0107. The molecule has 0 aliphatic heterocycles. The van der Waals surface area contributed by atoms with Crippen molar-refractivity contribution in [3.63, 3.8) is 0 Å². The minimum atomic E-state index is 0.0107. The van der Waals surface area contributed by atoms with Crippen LogP contribution < -0.4 is 10.6 Å². The number of carbonyl (C=O) groups excluding carboxylic acids is 1. The Bertz CT molecular complexity index is 242. The zero-order valence-corrected chi connectivity index (χ0v) is 10.1. The van der Waals surface area contributed by atoms with Crippen molar-refractivity contribution in [3.8, 4) is 0 Å². The quantitative estimate of drug-likeness (QED) is 0.671. The van der Waals surface area contributed by atoms with Crippen LogP contribution >= 0.6 is 0 Å². The van der Waals surface area contributed by atoms with Crippen LogP contribution in [0.3, 0.4) is 0 Å². The highest BCUT2D eigenvalue weighted by atomic mass is 16.5. The van der Waals surface area contributed by atoms with Gasteiger partial charge in [-0.1, -0.05) is 0 Å². The van der Waals surface area contributed by atoms with Gasteiger partial charge in [0.05, 0.1) is 12.1 Å². The lowest BCUT2D eigenvalue weighted by atomic mass is 9.80. The highest BCUT2D eigenvalue weighted by Crippen LogP contribution is 2.34. The molecule has 92 valence electrons. The number of carbonyl (C=O) groups is 1. The molecule has 0 unspecified atom stereocenters. The number of rotatable bonds is 7. The molecule has 0 bridgehead atoms. The lowest BCUT2D eigenvalue weighted by molar-refractivity contribution is -0.120. The third-order valence-electron chi connectivity index (χ3n) is 3.72. The van der Waals surface area contributed by atoms with Crippen molar-refractivity contribution in [1.82, 2.24) is 10.6 Å². The van der Waals surface area contributed by atoms with Crippen molar-refractivity contribution in [3.05, 3.63) is 0 Å². The van der Waals surface area contributed by atoms with Crippen LogP contribution in [-0.2, 0) is 9.53 Å². The van der Waals surface area contributed by atoms with Gasteiger partial charge in [-0.25, -0.2) is 0 Å². The van der Waals surface area contributed by atoms with E-state index in [-0.39, 0.29) is 11.5 Å². The smallest absolute Gasteiger partial charge is 0.233 e. The van der Waals surface area contributed by atoms with E-state index < -0.39 is 0 Å². The molecule has 2 N–H and O–H groups in total. The second-order valence-corrected chi connectivity index (χ2v) is 5.09. The summed E-state index contributed by atoms with van der Waals surface area (Å²) in [5.74, 6) is 0.860. The van der Waals surface area contributed by atoms with Gasteiger partial charge < -0.3 is 15.4 Å². The Morgan fingerprint density at radius 1 is 1.44 bits per heavy atom. The summed E-state index contributed by atoms with van der Waals surface area (Å²) in [5, 5.41) is 6.13. The molecule has 0 radical (unpaired) electrons. The van der Waals surface area contributed by atoms with Crippen molar-refractivity contribution in [2.24, 2.45) is 5.92 Å². The van der Waals surface area contributed by atoms with Crippen molar-refractivity contribution >= 4 is 5.91 Å². The lowest BCUT2D eigenvalue weighted by Gasteiger charge is -2.40. The maximum absolute atomic E-state index is 11.4. The molecular formula is C12H22N2O2. The molecular weight excluding hydrogens is 204 g/mol. The topological polar surface area (TPSA) is 50.4 Å². The first-order valence-electron chi connectivity index (χ1n) is 6.27. The summed E-state index contributed by atoms with van der Waals surface area (Å²) in [6.07, 6.45) is 6.02. The molecule has 0 heterocycles. The largest absolute Gasteiger partial charge is 0.377 e. The van der Waals surface area contributed by atoms with E-state index in [0.717, 1.165) is 31.8 Å². The van der Waals surface area contributed by atoms with Crippen LogP contribution in [0.4, 0.5) is 0 Å². The average molecular weight is 226 g/mol. The molecule has 0 saturated heterocycles. The summed E-state index contributed by atoms with van der Waals surface area (Å²) < 4.78 is 5.47. The molecule has 0 spiro atoms. The van der Waals surface area contributed by atoms with Gasteiger partial charge in [0, 0.05) is 20.2 Å². The zero-order valence-electron chi connectivity index (χ0n) is 10.1. The fourth-order valence-electron chi connectivity index (χ4n) is 2.07. The van der Waals surface area contributed by atoms with Gasteiger partial charge in [0.15, 0.2) is 0 Å². The molecule has 2 aliphatic carbocycles. The summed E-state index contributed by atoms with van der Waals surface area (Å²) in [7, 11) is 1.76. The number of hydrogen-bond donors (Lipinski definition) is 2. The predicted octanol–water partition coefficient (Wildman–Crippen LogP) is 0.671. The van der Waals surface area contributed by atoms with Crippen LogP contribution in [0.5, 0.6) is 0 Å². The highest BCUT2D eigenvalue weighted by molar-refractivity contribution is 5.78. The van der Waals surface area contributed by atoms with Gasteiger partial charge in [-0.2, -0.15) is 0 Å². The Balaban J connectivity index is 1.54. The SMILES string of the molecule is COC1(CNCC(=O)NCC2CC2)CCC1. The minimum absolute atomic E-state index is 0.0107. The van der Waals surface area contributed by atoms with Crippen LogP contribution in [0, 0.1) is 5.92 Å². The zero-order chi connectivity index (χ0) is 11.4. The number of ether oxygens (including phenoxy) is 1. The second kappa shape index (κ2) is 5.15. The summed E-state index contributed by atoms with van der Waals surface area (Å²) >= 11 is 0. The van der Waals surface area contributed by atoms with E-state index >= 15 is 0 Å². The van der Waals surface area contributed by atoms with Crippen LogP contribution in [0.2, 0.25) is 0 Å². The van der Waals surface area contributed by atoms with Gasteiger partial charge in [0.1, 0.15) is 0 Å². The fraction of sp³-hybridized carbons (Fsp3) is 0.917. The number of hydrogen-bond acceptors (Lipinski definition) is 3. The van der Waals surface area contributed by atoms with E-state index in [1.807, 2.05) is 0 Å². The molecule has 0 aromatic heterocycles. The summed E-state index contributed by atoms with van der Waals surface area (Å²) in [6.45, 7) is 2.06. The molecule has 2 saturated carbocycles. The van der Waals surface area contributed by atoms with Crippen LogP contribution in [-0.4, -0.2) is 38.3 Å². The normalized spacial score (nSPS) is 22.6. The monoisotopic (exact) mass is 226 g/mol. The number of methoxy groups -OCH3 is 1. The summed E-state index contributed by atoms with van der Waals surface area (Å²) in [4.78, 5) is 11.4. The Hall–Kier alpha value is -0.610. The average Bonchev–Trinajstić information content (AvgIpc) is 3.03. The molecule has 0 atom stereocenters. The maximum Gasteiger partial charge on any atom is 0.233 e. The van der Waals surface area contributed by atoms with Gasteiger partial charge in [0.25, 0.3) is 0 Å². The number of amides is 1. The van der Waals surface area contributed by atoms with E-state index in [2.05, 4.69) is 10.6 Å². The van der Waals surface area contributed by atoms with Crippen LogP contribution in [0.15, 0.2) is 0 Å². The molecule has 16 heavy (non-hydrogen) atoms. The molecule has 0 aromatic rings. The fourth-order valence-corrected chi connectivity index (χ4v) is 2.07. The molecule has 0 aromatic carbocycles. The van der Waals surface area contributed by atoms with Crippen molar-refractivity contribution in [2.45, 2.75) is 37.7 Å². The molecule has 1 amide bonds. The molecule has 2 aliphatic rings. The van der Waals surface area contributed by atoms with Crippen molar-refractivity contribution in [2.75, 3.05) is 26.7 Å². The van der Waals surface area contributed by atoms with E-state index in [1.165, 1.54) is 19.3 Å². The van der Waals surface area contributed by atoms with E-state index in [1.54, 1.807) is 7.11 Å². The highest BCUT2D eigenvalue weighted by Gasteiger charge is 2.36. The molecule has 2 fully saturated rings. The second-order valence-electron chi connectivity index (χ2n) is 5.09. The van der Waals surface area contributed by atoms with E-state index in [0.29, 0.717) is 6.54 Å². The maximum atomic E-state index is 11.4. The lowest BCUT2D eigenvalue weighted by Crippen LogP contribution is -2.49. The standard InChI is InChI=1S/C12H22N2O2/c1-16-12(5-2-6-12)9-13-8-11(15)14-7-10-3-4-10/h10,13H,2-9H2,1H3,(H,14,15). The van der Waals surface area contributed by atoms with Crippen molar-refractivity contribution < 1.29 is 9.53 Å². The first kappa shape index (κ1) is 11.9. The van der Waals surface area contributed by atoms with Crippen LogP contribution in [0.1, 0.15) is 32.1 Å². The van der Waals surface area contributed by atoms with Gasteiger partial charge in [-0.3, -0.25) is 4.79 Å². The third kappa shape index (κ3) is 3.19. The molecule has 4 heteroatoms. The first-order chi connectivity index (χ1) is 7.74. The van der Waals surface area contributed by atoms with E-state index in [9.17, 15) is 4.79 Å².